The van der Waals surface area contributed by atoms with Gasteiger partial charge in [-0.25, -0.2) is 0 Å². The van der Waals surface area contributed by atoms with E-state index in [-0.39, 0.29) is 0 Å². The lowest BCUT2D eigenvalue weighted by Crippen LogP contribution is -2.09. The monoisotopic (exact) mass is 536 g/mol. The summed E-state index contributed by atoms with van der Waals surface area (Å²) in [7, 11) is 0. The number of hydrogen-bond acceptors (Lipinski definition) is 1. The first-order valence-corrected chi connectivity index (χ1v) is 14.4. The molecule has 0 N–H and O–H groups in total. The molecule has 0 aliphatic carbocycles. The molecule has 1 aromatic heterocycles. The number of para-hydroxylation sites is 3. The van der Waals surface area contributed by atoms with Crippen LogP contribution in [-0.4, -0.2) is 4.57 Å². The van der Waals surface area contributed by atoms with Gasteiger partial charge in [-0.05, 0) is 88.6 Å². The molecule has 1 heterocycles. The van der Waals surface area contributed by atoms with E-state index in [1.54, 1.807) is 0 Å². The molecular formula is C40H28N2. The van der Waals surface area contributed by atoms with E-state index in [9.17, 15) is 0 Å². The molecule has 0 unspecified atom stereocenters. The van der Waals surface area contributed by atoms with Crippen LogP contribution in [0.1, 0.15) is 0 Å². The first-order valence-electron chi connectivity index (χ1n) is 14.4. The van der Waals surface area contributed by atoms with Gasteiger partial charge in [0.05, 0.1) is 11.0 Å². The van der Waals surface area contributed by atoms with Crippen molar-refractivity contribution in [1.82, 2.24) is 4.57 Å². The third kappa shape index (κ3) is 4.13. The number of rotatable bonds is 5. The summed E-state index contributed by atoms with van der Waals surface area (Å²) in [6.07, 6.45) is 0. The van der Waals surface area contributed by atoms with Crippen molar-refractivity contribution in [3.05, 3.63) is 170 Å². The van der Waals surface area contributed by atoms with E-state index < -0.39 is 0 Å². The molecule has 0 aliphatic heterocycles. The lowest BCUT2D eigenvalue weighted by Gasteiger charge is -2.26. The van der Waals surface area contributed by atoms with Crippen LogP contribution in [-0.2, 0) is 0 Å². The van der Waals surface area contributed by atoms with Crippen LogP contribution in [0.2, 0.25) is 0 Å². The fourth-order valence-electron chi connectivity index (χ4n) is 6.15. The molecule has 8 aromatic rings. The lowest BCUT2D eigenvalue weighted by molar-refractivity contribution is 1.18. The Morgan fingerprint density at radius 2 is 0.952 bits per heavy atom. The smallest absolute Gasteiger partial charge is 0.0542 e. The number of benzene rings is 7. The molecule has 2 heteroatoms. The summed E-state index contributed by atoms with van der Waals surface area (Å²) < 4.78 is 2.36. The highest BCUT2D eigenvalue weighted by molar-refractivity contribution is 6.10. The van der Waals surface area contributed by atoms with Gasteiger partial charge in [0, 0.05) is 33.5 Å². The zero-order chi connectivity index (χ0) is 27.9. The van der Waals surface area contributed by atoms with E-state index >= 15 is 0 Å². The largest absolute Gasteiger partial charge is 0.310 e. The molecule has 2 nitrogen and oxygen atoms in total. The van der Waals surface area contributed by atoms with Crippen LogP contribution < -0.4 is 4.90 Å². The predicted molar refractivity (Wildman–Crippen MR) is 178 cm³/mol. The van der Waals surface area contributed by atoms with E-state index in [2.05, 4.69) is 179 Å². The number of anilines is 3. The Labute approximate surface area is 245 Å². The van der Waals surface area contributed by atoms with Crippen molar-refractivity contribution < 1.29 is 0 Å². The average Bonchev–Trinajstić information content (AvgIpc) is 3.40. The highest BCUT2D eigenvalue weighted by Gasteiger charge is 2.17. The molecule has 0 aliphatic rings. The van der Waals surface area contributed by atoms with Crippen LogP contribution in [0.3, 0.4) is 0 Å². The molecule has 198 valence electrons. The van der Waals surface area contributed by atoms with Crippen molar-refractivity contribution in [2.24, 2.45) is 0 Å². The van der Waals surface area contributed by atoms with Crippen LogP contribution in [0.25, 0.3) is 49.4 Å². The summed E-state index contributed by atoms with van der Waals surface area (Å²) in [6, 6.07) is 60.9. The second-order valence-corrected chi connectivity index (χ2v) is 10.7. The maximum atomic E-state index is 2.36. The second-order valence-electron chi connectivity index (χ2n) is 10.7. The predicted octanol–water partition coefficient (Wildman–Crippen LogP) is 11.1. The van der Waals surface area contributed by atoms with Crippen molar-refractivity contribution in [1.29, 1.82) is 0 Å². The molecule has 0 bridgehead atoms. The van der Waals surface area contributed by atoms with Crippen LogP contribution in [0, 0.1) is 0 Å². The normalized spacial score (nSPS) is 11.3. The maximum absolute atomic E-state index is 2.36. The summed E-state index contributed by atoms with van der Waals surface area (Å²) in [6.45, 7) is 0. The third-order valence-corrected chi connectivity index (χ3v) is 8.15. The number of nitrogens with zero attached hydrogens (tertiary/aromatic N) is 2. The van der Waals surface area contributed by atoms with Gasteiger partial charge in [0.1, 0.15) is 0 Å². The van der Waals surface area contributed by atoms with Gasteiger partial charge in [-0.2, -0.15) is 0 Å². The minimum absolute atomic E-state index is 1.12. The van der Waals surface area contributed by atoms with Gasteiger partial charge < -0.3 is 9.47 Å². The fraction of sp³-hybridized carbons (Fsp3) is 0. The van der Waals surface area contributed by atoms with E-state index in [0.29, 0.717) is 0 Å². The minimum atomic E-state index is 1.12. The van der Waals surface area contributed by atoms with Gasteiger partial charge in [-0.3, -0.25) is 0 Å². The summed E-state index contributed by atoms with van der Waals surface area (Å²) in [5, 5.41) is 5.00. The SMILES string of the molecule is c1ccc(N(c2ccc(-c3ccc4ccccc4c3)cc2)c2ccc3c(c2)c2ccccc2n3-c2ccccc2)cc1. The number of aromatic nitrogens is 1. The van der Waals surface area contributed by atoms with Gasteiger partial charge in [0.2, 0.25) is 0 Å². The third-order valence-electron chi connectivity index (χ3n) is 8.15. The quantitative estimate of drug-likeness (QED) is 0.212. The van der Waals surface area contributed by atoms with E-state index in [1.165, 1.54) is 49.4 Å². The van der Waals surface area contributed by atoms with Crippen molar-refractivity contribution in [2.45, 2.75) is 0 Å². The zero-order valence-electron chi connectivity index (χ0n) is 23.1. The summed E-state index contributed by atoms with van der Waals surface area (Å²) in [5.41, 5.74) is 9.39. The van der Waals surface area contributed by atoms with Gasteiger partial charge in [-0.1, -0.05) is 103 Å². The minimum Gasteiger partial charge on any atom is -0.310 e. The Kier molecular flexibility index (Phi) is 5.82. The summed E-state index contributed by atoms with van der Waals surface area (Å²) >= 11 is 0. The summed E-state index contributed by atoms with van der Waals surface area (Å²) in [5.74, 6) is 0. The van der Waals surface area contributed by atoms with E-state index in [1.807, 2.05) is 0 Å². The van der Waals surface area contributed by atoms with E-state index in [0.717, 1.165) is 17.1 Å². The zero-order valence-corrected chi connectivity index (χ0v) is 23.1. The first-order chi connectivity index (χ1) is 20.8. The Hall–Kier alpha value is -5.60. The van der Waals surface area contributed by atoms with Crippen molar-refractivity contribution in [3.63, 3.8) is 0 Å². The van der Waals surface area contributed by atoms with Crippen molar-refractivity contribution >= 4 is 49.6 Å². The van der Waals surface area contributed by atoms with Crippen molar-refractivity contribution in [3.8, 4) is 16.8 Å². The van der Waals surface area contributed by atoms with Gasteiger partial charge >= 0.3 is 0 Å². The lowest BCUT2D eigenvalue weighted by atomic mass is 10.0. The molecule has 0 atom stereocenters. The van der Waals surface area contributed by atoms with Crippen molar-refractivity contribution in [2.75, 3.05) is 4.90 Å². The summed E-state index contributed by atoms with van der Waals surface area (Å²) in [4.78, 5) is 2.35. The van der Waals surface area contributed by atoms with Gasteiger partial charge in [-0.15, -0.1) is 0 Å². The van der Waals surface area contributed by atoms with Crippen LogP contribution in [0.4, 0.5) is 17.1 Å². The molecule has 0 spiro atoms. The molecule has 7 aromatic carbocycles. The molecule has 0 fully saturated rings. The first kappa shape index (κ1) is 24.2. The molecule has 42 heavy (non-hydrogen) atoms. The Balaban J connectivity index is 1.26. The van der Waals surface area contributed by atoms with Crippen LogP contribution in [0.15, 0.2) is 170 Å². The van der Waals surface area contributed by atoms with Gasteiger partial charge in [0.15, 0.2) is 0 Å². The molecule has 0 saturated heterocycles. The number of fused-ring (bicyclic) bond motifs is 4. The maximum Gasteiger partial charge on any atom is 0.0542 e. The standard InChI is InChI=1S/C40H28N2/c1-3-13-33(14-4-1)41(35-23-21-30(22-24-35)32-20-19-29-11-7-8-12-31(29)27-32)36-25-26-40-38(28-36)37-17-9-10-18-39(37)42(40)34-15-5-2-6-16-34/h1-28H. The average molecular weight is 537 g/mol. The highest BCUT2D eigenvalue weighted by atomic mass is 15.1. The van der Waals surface area contributed by atoms with E-state index in [4.69, 9.17) is 0 Å². The Bertz CT molecular complexity index is 2180. The number of hydrogen-bond donors (Lipinski definition) is 0. The molecule has 8 rings (SSSR count). The highest BCUT2D eigenvalue weighted by Crippen LogP contribution is 2.40. The van der Waals surface area contributed by atoms with Crippen LogP contribution in [0.5, 0.6) is 0 Å². The Morgan fingerprint density at radius 3 is 1.76 bits per heavy atom. The fourth-order valence-corrected chi connectivity index (χ4v) is 6.15. The molecular weight excluding hydrogens is 508 g/mol. The molecule has 0 amide bonds. The molecule has 0 radical (unpaired) electrons. The topological polar surface area (TPSA) is 8.17 Å². The Morgan fingerprint density at radius 1 is 0.357 bits per heavy atom. The van der Waals surface area contributed by atoms with Crippen LogP contribution >= 0.6 is 0 Å². The van der Waals surface area contributed by atoms with Gasteiger partial charge in [0.25, 0.3) is 0 Å². The molecule has 0 saturated carbocycles. The second kappa shape index (κ2) is 10.1.